The van der Waals surface area contributed by atoms with E-state index in [1.807, 2.05) is 0 Å². The number of nitrogens with zero attached hydrogens (tertiary/aromatic N) is 2. The molecule has 7 nitrogen and oxygen atoms in total. The van der Waals surface area contributed by atoms with Gasteiger partial charge in [0.2, 0.25) is 5.91 Å². The smallest absolute Gasteiger partial charge is 0.326 e. The number of carbonyl (C=O) groups excluding carboxylic acids is 1. The molecule has 17 heavy (non-hydrogen) atoms. The van der Waals surface area contributed by atoms with E-state index in [1.165, 1.54) is 11.2 Å². The lowest BCUT2D eigenvalue weighted by molar-refractivity contribution is -0.148. The highest BCUT2D eigenvalue weighted by Crippen LogP contribution is 2.19. The molecule has 2 atom stereocenters. The van der Waals surface area contributed by atoms with Gasteiger partial charge in [0.15, 0.2) is 0 Å². The summed E-state index contributed by atoms with van der Waals surface area (Å²) in [5, 5.41) is 18.4. The van der Waals surface area contributed by atoms with Crippen LogP contribution in [0.3, 0.4) is 0 Å². The molecule has 1 saturated heterocycles. The number of nitrogens with one attached hydrogen (secondary N) is 1. The quantitative estimate of drug-likeness (QED) is 0.627. The number of carbonyl (C=O) groups is 2. The molecular formula is C10H13N3O4. The van der Waals surface area contributed by atoms with Crippen molar-refractivity contribution in [2.24, 2.45) is 0 Å². The summed E-state index contributed by atoms with van der Waals surface area (Å²) in [6.07, 6.45) is 2.40. The number of carboxylic acid groups (broad SMARTS) is 1. The Labute approximate surface area is 97.1 Å². The van der Waals surface area contributed by atoms with Crippen LogP contribution in [-0.2, 0) is 16.0 Å². The highest BCUT2D eigenvalue weighted by Gasteiger charge is 2.38. The standard InChI is InChI=1S/C10H13N3O4/c14-7-2-8(10(16)17)13(4-7)9(15)1-6-3-11-5-12-6/h3,5,7-8,14H,1-2,4H2,(H,11,12)(H,16,17)/t7-,8+/m1/s1. The maximum Gasteiger partial charge on any atom is 0.326 e. The largest absolute Gasteiger partial charge is 0.480 e. The Hall–Kier alpha value is -1.89. The number of β-amino-alcohol motifs (C(OH)–C–C–N with tert-alkyl or cyclic N) is 1. The predicted octanol–water partition coefficient (Wildman–Crippen LogP) is -1.00. The number of hydrogen-bond acceptors (Lipinski definition) is 4. The van der Waals surface area contributed by atoms with Crippen LogP contribution >= 0.6 is 0 Å². The van der Waals surface area contributed by atoms with Crippen LogP contribution in [0.15, 0.2) is 12.5 Å². The molecule has 0 aliphatic carbocycles. The van der Waals surface area contributed by atoms with Crippen LogP contribution in [0.1, 0.15) is 12.1 Å². The second-order valence-corrected chi connectivity index (χ2v) is 4.03. The van der Waals surface area contributed by atoms with Crippen LogP contribution in [0, 0.1) is 0 Å². The number of H-pyrrole nitrogens is 1. The second-order valence-electron chi connectivity index (χ2n) is 4.03. The van der Waals surface area contributed by atoms with Crippen molar-refractivity contribution in [3.8, 4) is 0 Å². The first-order valence-electron chi connectivity index (χ1n) is 5.26. The lowest BCUT2D eigenvalue weighted by atomic mass is 10.2. The minimum atomic E-state index is -1.09. The summed E-state index contributed by atoms with van der Waals surface area (Å²) in [5.74, 6) is -1.42. The Morgan fingerprint density at radius 2 is 2.35 bits per heavy atom. The zero-order valence-corrected chi connectivity index (χ0v) is 9.04. The number of aliphatic carboxylic acids is 1. The molecule has 92 valence electrons. The fraction of sp³-hybridized carbons (Fsp3) is 0.500. The van der Waals surface area contributed by atoms with E-state index >= 15 is 0 Å². The molecule has 1 fully saturated rings. The van der Waals surface area contributed by atoms with Gasteiger partial charge < -0.3 is 20.1 Å². The first-order valence-corrected chi connectivity index (χ1v) is 5.26. The fourth-order valence-electron chi connectivity index (χ4n) is 1.97. The van der Waals surface area contributed by atoms with Gasteiger partial charge in [-0.15, -0.1) is 0 Å². The van der Waals surface area contributed by atoms with Gasteiger partial charge in [0, 0.05) is 19.2 Å². The molecule has 0 aromatic carbocycles. The molecule has 7 heteroatoms. The number of aliphatic hydroxyl groups excluding tert-OH is 1. The number of rotatable bonds is 3. The Morgan fingerprint density at radius 3 is 2.94 bits per heavy atom. The SMILES string of the molecule is O=C(O)[C@@H]1C[C@@H](O)CN1C(=O)Cc1c[nH]cn1. The number of likely N-dealkylation sites (tertiary alicyclic amines) is 1. The van der Waals surface area contributed by atoms with Crippen LogP contribution in [0.25, 0.3) is 0 Å². The number of aromatic amines is 1. The van der Waals surface area contributed by atoms with Crippen LogP contribution in [0.5, 0.6) is 0 Å². The lowest BCUT2D eigenvalue weighted by Gasteiger charge is -2.20. The zero-order chi connectivity index (χ0) is 12.4. The second kappa shape index (κ2) is 4.54. The Morgan fingerprint density at radius 1 is 1.59 bits per heavy atom. The van der Waals surface area contributed by atoms with Crippen LogP contribution in [-0.4, -0.2) is 55.6 Å². The van der Waals surface area contributed by atoms with Gasteiger partial charge in [-0.3, -0.25) is 4.79 Å². The van der Waals surface area contributed by atoms with Crippen LogP contribution in [0.4, 0.5) is 0 Å². The number of aromatic nitrogens is 2. The van der Waals surface area contributed by atoms with E-state index in [-0.39, 0.29) is 25.3 Å². The van der Waals surface area contributed by atoms with Gasteiger partial charge >= 0.3 is 5.97 Å². The van der Waals surface area contributed by atoms with E-state index in [0.717, 1.165) is 0 Å². The van der Waals surface area contributed by atoms with E-state index in [4.69, 9.17) is 5.11 Å². The summed E-state index contributed by atoms with van der Waals surface area (Å²) in [6.45, 7) is 0.0697. The molecule has 0 radical (unpaired) electrons. The van der Waals surface area contributed by atoms with Gasteiger partial charge in [-0.05, 0) is 0 Å². The van der Waals surface area contributed by atoms with Crippen LogP contribution < -0.4 is 0 Å². The molecule has 1 aliphatic heterocycles. The maximum atomic E-state index is 11.9. The van der Waals surface area contributed by atoms with Crippen molar-refractivity contribution in [2.45, 2.75) is 25.0 Å². The van der Waals surface area contributed by atoms with E-state index < -0.39 is 18.1 Å². The Bertz CT molecular complexity index is 417. The van der Waals surface area contributed by atoms with Gasteiger partial charge in [-0.1, -0.05) is 0 Å². The number of aliphatic hydroxyl groups is 1. The lowest BCUT2D eigenvalue weighted by Crippen LogP contribution is -2.41. The van der Waals surface area contributed by atoms with Crippen molar-refractivity contribution in [1.29, 1.82) is 0 Å². The topological polar surface area (TPSA) is 107 Å². The predicted molar refractivity (Wildman–Crippen MR) is 56.1 cm³/mol. The monoisotopic (exact) mass is 239 g/mol. The third-order valence-electron chi connectivity index (χ3n) is 2.77. The van der Waals surface area contributed by atoms with Gasteiger partial charge in [-0.2, -0.15) is 0 Å². The number of imidazole rings is 1. The molecule has 2 heterocycles. The van der Waals surface area contributed by atoms with E-state index in [9.17, 15) is 14.7 Å². The van der Waals surface area contributed by atoms with E-state index in [1.54, 1.807) is 6.20 Å². The molecule has 1 aliphatic rings. The highest BCUT2D eigenvalue weighted by atomic mass is 16.4. The molecule has 0 bridgehead atoms. The minimum absolute atomic E-state index is 0.0417. The Kier molecular flexibility index (Phi) is 3.10. The molecule has 1 aromatic heterocycles. The van der Waals surface area contributed by atoms with Crippen molar-refractivity contribution in [2.75, 3.05) is 6.54 Å². The normalized spacial score (nSPS) is 23.9. The average Bonchev–Trinajstić information content (AvgIpc) is 2.86. The summed E-state index contributed by atoms with van der Waals surface area (Å²) in [6, 6.07) is -0.934. The maximum absolute atomic E-state index is 11.9. The summed E-state index contributed by atoms with van der Waals surface area (Å²) >= 11 is 0. The molecule has 1 aromatic rings. The number of carboxylic acids is 1. The third kappa shape index (κ3) is 2.44. The minimum Gasteiger partial charge on any atom is -0.480 e. The Balaban J connectivity index is 2.05. The van der Waals surface area contributed by atoms with Crippen LogP contribution in [0.2, 0.25) is 0 Å². The summed E-state index contributed by atoms with van der Waals surface area (Å²) < 4.78 is 0. The zero-order valence-electron chi connectivity index (χ0n) is 9.04. The van der Waals surface area contributed by atoms with Crippen molar-refractivity contribution in [3.05, 3.63) is 18.2 Å². The van der Waals surface area contributed by atoms with Gasteiger partial charge in [0.05, 0.1) is 24.5 Å². The van der Waals surface area contributed by atoms with E-state index in [0.29, 0.717) is 5.69 Å². The molecule has 2 rings (SSSR count). The summed E-state index contributed by atoms with van der Waals surface area (Å²) in [7, 11) is 0. The molecular weight excluding hydrogens is 226 g/mol. The van der Waals surface area contributed by atoms with Crippen molar-refractivity contribution in [3.63, 3.8) is 0 Å². The average molecular weight is 239 g/mol. The molecule has 0 spiro atoms. The first-order chi connectivity index (χ1) is 8.08. The van der Waals surface area contributed by atoms with Gasteiger partial charge in [0.25, 0.3) is 0 Å². The molecule has 1 amide bonds. The number of hydrogen-bond donors (Lipinski definition) is 3. The van der Waals surface area contributed by atoms with Gasteiger partial charge in [-0.25, -0.2) is 9.78 Å². The molecule has 0 unspecified atom stereocenters. The van der Waals surface area contributed by atoms with Gasteiger partial charge in [0.1, 0.15) is 6.04 Å². The summed E-state index contributed by atoms with van der Waals surface area (Å²) in [4.78, 5) is 30.6. The first kappa shape index (κ1) is 11.6. The van der Waals surface area contributed by atoms with Crippen molar-refractivity contribution < 1.29 is 19.8 Å². The third-order valence-corrected chi connectivity index (χ3v) is 2.77. The fourth-order valence-corrected chi connectivity index (χ4v) is 1.97. The summed E-state index contributed by atoms with van der Waals surface area (Å²) in [5.41, 5.74) is 0.556. The van der Waals surface area contributed by atoms with Crippen molar-refractivity contribution >= 4 is 11.9 Å². The van der Waals surface area contributed by atoms with Crippen molar-refractivity contribution in [1.82, 2.24) is 14.9 Å². The highest BCUT2D eigenvalue weighted by molar-refractivity contribution is 5.85. The van der Waals surface area contributed by atoms with E-state index in [2.05, 4.69) is 9.97 Å². The molecule has 0 saturated carbocycles. The number of amides is 1. The molecule has 3 N–H and O–H groups in total.